The smallest absolute Gasteiger partial charge is 0.167 e. The van der Waals surface area contributed by atoms with Crippen LogP contribution in [0, 0.1) is 0 Å². The van der Waals surface area contributed by atoms with Gasteiger partial charge in [0, 0.05) is 6.42 Å². The Morgan fingerprint density at radius 1 is 1.28 bits per heavy atom. The highest BCUT2D eigenvalue weighted by Crippen LogP contribution is 2.22. The van der Waals surface area contributed by atoms with E-state index in [2.05, 4.69) is 0 Å². The molecule has 0 amide bonds. The van der Waals surface area contributed by atoms with Crippen LogP contribution in [-0.4, -0.2) is 32.7 Å². The van der Waals surface area contributed by atoms with Crippen molar-refractivity contribution >= 4 is 0 Å². The average molecular weight is 252 g/mol. The van der Waals surface area contributed by atoms with Crippen LogP contribution in [0.4, 0.5) is 0 Å². The van der Waals surface area contributed by atoms with Crippen molar-refractivity contribution in [1.29, 1.82) is 0 Å². The zero-order valence-electron chi connectivity index (χ0n) is 11.0. The van der Waals surface area contributed by atoms with E-state index < -0.39 is 5.79 Å². The molecule has 4 nitrogen and oxygen atoms in total. The summed E-state index contributed by atoms with van der Waals surface area (Å²) in [6.45, 7) is 4.49. The molecule has 0 aliphatic carbocycles. The number of hydrogen-bond acceptors (Lipinski definition) is 4. The molecule has 1 aliphatic rings. The van der Waals surface area contributed by atoms with Gasteiger partial charge in [0.05, 0.1) is 33.5 Å². The summed E-state index contributed by atoms with van der Waals surface area (Å²) >= 11 is 0. The van der Waals surface area contributed by atoms with Gasteiger partial charge in [-0.15, -0.1) is 0 Å². The summed E-state index contributed by atoms with van der Waals surface area (Å²) in [7, 11) is 1.66. The lowest BCUT2D eigenvalue weighted by Gasteiger charge is -2.21. The van der Waals surface area contributed by atoms with E-state index in [0.717, 1.165) is 17.7 Å². The maximum atomic E-state index is 5.63. The van der Waals surface area contributed by atoms with Gasteiger partial charge in [0.15, 0.2) is 5.79 Å². The van der Waals surface area contributed by atoms with E-state index in [1.54, 1.807) is 7.11 Å². The van der Waals surface area contributed by atoms with Gasteiger partial charge < -0.3 is 18.9 Å². The molecule has 1 heterocycles. The van der Waals surface area contributed by atoms with Gasteiger partial charge in [-0.25, -0.2) is 0 Å². The van der Waals surface area contributed by atoms with Gasteiger partial charge in [0.1, 0.15) is 5.75 Å². The Balaban J connectivity index is 1.71. The van der Waals surface area contributed by atoms with Gasteiger partial charge in [0.2, 0.25) is 0 Å². The van der Waals surface area contributed by atoms with E-state index in [-0.39, 0.29) is 0 Å². The molecular weight excluding hydrogens is 232 g/mol. The van der Waals surface area contributed by atoms with E-state index in [0.29, 0.717) is 26.4 Å². The zero-order chi connectivity index (χ0) is 12.8. The van der Waals surface area contributed by atoms with Gasteiger partial charge >= 0.3 is 0 Å². The lowest BCUT2D eigenvalue weighted by Crippen LogP contribution is -2.27. The van der Waals surface area contributed by atoms with Crippen LogP contribution in [0.25, 0.3) is 0 Å². The predicted octanol–water partition coefficient (Wildman–Crippen LogP) is 2.36. The first-order valence-electron chi connectivity index (χ1n) is 6.20. The van der Waals surface area contributed by atoms with Crippen LogP contribution in [-0.2, 0) is 20.8 Å². The topological polar surface area (TPSA) is 36.9 Å². The molecule has 1 saturated heterocycles. The van der Waals surface area contributed by atoms with E-state index in [4.69, 9.17) is 18.9 Å². The van der Waals surface area contributed by atoms with Crippen molar-refractivity contribution in [3.05, 3.63) is 29.8 Å². The third-order valence-corrected chi connectivity index (χ3v) is 3.00. The summed E-state index contributed by atoms with van der Waals surface area (Å²) < 4.78 is 21.8. The SMILES string of the molecule is COc1cccc(COCCC2(C)OCCO2)c1. The molecule has 1 fully saturated rings. The van der Waals surface area contributed by atoms with E-state index in [9.17, 15) is 0 Å². The van der Waals surface area contributed by atoms with Gasteiger partial charge in [-0.3, -0.25) is 0 Å². The largest absolute Gasteiger partial charge is 0.497 e. The second-order valence-corrected chi connectivity index (χ2v) is 4.48. The molecule has 4 heteroatoms. The molecule has 0 bridgehead atoms. The Bertz CT molecular complexity index is 372. The third kappa shape index (κ3) is 3.70. The lowest BCUT2D eigenvalue weighted by atomic mass is 10.2. The minimum atomic E-state index is -0.464. The van der Waals surface area contributed by atoms with Crippen LogP contribution < -0.4 is 4.74 Å². The van der Waals surface area contributed by atoms with Crippen molar-refractivity contribution in [3.8, 4) is 5.75 Å². The Labute approximate surface area is 108 Å². The average Bonchev–Trinajstić information content (AvgIpc) is 2.82. The van der Waals surface area contributed by atoms with Gasteiger partial charge in [-0.1, -0.05) is 12.1 Å². The molecule has 0 spiro atoms. The summed E-state index contributed by atoms with van der Waals surface area (Å²) in [4.78, 5) is 0. The van der Waals surface area contributed by atoms with Crippen LogP contribution in [0.1, 0.15) is 18.9 Å². The number of methoxy groups -OCH3 is 1. The molecule has 0 aromatic heterocycles. The normalized spacial score (nSPS) is 17.9. The Morgan fingerprint density at radius 3 is 2.78 bits per heavy atom. The van der Waals surface area contributed by atoms with Crippen molar-refractivity contribution in [2.75, 3.05) is 26.9 Å². The molecule has 1 aromatic rings. The summed E-state index contributed by atoms with van der Waals surface area (Å²) in [6, 6.07) is 7.88. The molecule has 1 aromatic carbocycles. The second kappa shape index (κ2) is 6.18. The fourth-order valence-corrected chi connectivity index (χ4v) is 1.91. The van der Waals surface area contributed by atoms with Crippen molar-refractivity contribution in [2.24, 2.45) is 0 Å². The molecule has 18 heavy (non-hydrogen) atoms. The maximum absolute atomic E-state index is 5.63. The summed E-state index contributed by atoms with van der Waals surface area (Å²) in [6.07, 6.45) is 0.747. The fraction of sp³-hybridized carbons (Fsp3) is 0.571. The van der Waals surface area contributed by atoms with Crippen LogP contribution >= 0.6 is 0 Å². The van der Waals surface area contributed by atoms with E-state index >= 15 is 0 Å². The molecule has 0 saturated carbocycles. The highest BCUT2D eigenvalue weighted by atomic mass is 16.7. The predicted molar refractivity (Wildman–Crippen MR) is 67.6 cm³/mol. The zero-order valence-corrected chi connectivity index (χ0v) is 11.0. The quantitative estimate of drug-likeness (QED) is 0.728. The Kier molecular flexibility index (Phi) is 4.58. The first kappa shape index (κ1) is 13.3. The summed E-state index contributed by atoms with van der Waals surface area (Å²) in [5.74, 6) is 0.388. The minimum absolute atomic E-state index is 0.464. The minimum Gasteiger partial charge on any atom is -0.497 e. The molecular formula is C14H20O4. The maximum Gasteiger partial charge on any atom is 0.167 e. The lowest BCUT2D eigenvalue weighted by molar-refractivity contribution is -0.156. The molecule has 0 N–H and O–H groups in total. The second-order valence-electron chi connectivity index (χ2n) is 4.48. The first-order chi connectivity index (χ1) is 8.72. The number of hydrogen-bond donors (Lipinski definition) is 0. The molecule has 100 valence electrons. The Morgan fingerprint density at radius 2 is 2.06 bits per heavy atom. The van der Waals surface area contributed by atoms with Crippen molar-refractivity contribution in [1.82, 2.24) is 0 Å². The van der Waals surface area contributed by atoms with Crippen molar-refractivity contribution < 1.29 is 18.9 Å². The highest BCUT2D eigenvalue weighted by molar-refractivity contribution is 5.27. The summed E-state index contributed by atoms with van der Waals surface area (Å²) in [5, 5.41) is 0. The van der Waals surface area contributed by atoms with Gasteiger partial charge in [0.25, 0.3) is 0 Å². The molecule has 1 aliphatic heterocycles. The number of rotatable bonds is 6. The van der Waals surface area contributed by atoms with Gasteiger partial charge in [-0.05, 0) is 24.6 Å². The monoisotopic (exact) mass is 252 g/mol. The molecule has 2 rings (SSSR count). The third-order valence-electron chi connectivity index (χ3n) is 3.00. The van der Waals surface area contributed by atoms with Crippen molar-refractivity contribution in [2.45, 2.75) is 25.7 Å². The van der Waals surface area contributed by atoms with Crippen LogP contribution in [0.5, 0.6) is 5.75 Å². The van der Waals surface area contributed by atoms with Crippen LogP contribution in [0.3, 0.4) is 0 Å². The number of benzene rings is 1. The summed E-state index contributed by atoms with van der Waals surface area (Å²) in [5.41, 5.74) is 1.10. The number of ether oxygens (including phenoxy) is 4. The van der Waals surface area contributed by atoms with E-state index in [1.807, 2.05) is 31.2 Å². The fourth-order valence-electron chi connectivity index (χ4n) is 1.91. The Hall–Kier alpha value is -1.10. The van der Waals surface area contributed by atoms with Crippen molar-refractivity contribution in [3.63, 3.8) is 0 Å². The van der Waals surface area contributed by atoms with Crippen LogP contribution in [0.2, 0.25) is 0 Å². The molecule has 0 radical (unpaired) electrons. The van der Waals surface area contributed by atoms with Gasteiger partial charge in [-0.2, -0.15) is 0 Å². The molecule has 0 unspecified atom stereocenters. The van der Waals surface area contributed by atoms with E-state index in [1.165, 1.54) is 0 Å². The first-order valence-corrected chi connectivity index (χ1v) is 6.20. The van der Waals surface area contributed by atoms with Crippen LogP contribution in [0.15, 0.2) is 24.3 Å². The molecule has 0 atom stereocenters. The highest BCUT2D eigenvalue weighted by Gasteiger charge is 2.30. The standard InChI is InChI=1S/C14H20O4/c1-14(17-8-9-18-14)6-7-16-11-12-4-3-5-13(10-12)15-2/h3-5,10H,6-9,11H2,1-2H3.